The number of hydrogen-bond donors (Lipinski definition) is 1. The van der Waals surface area contributed by atoms with Crippen molar-refractivity contribution < 1.29 is 14.3 Å². The highest BCUT2D eigenvalue weighted by molar-refractivity contribution is 5.94. The van der Waals surface area contributed by atoms with E-state index >= 15 is 0 Å². The van der Waals surface area contributed by atoms with E-state index in [0.29, 0.717) is 12.1 Å². The van der Waals surface area contributed by atoms with E-state index < -0.39 is 5.54 Å². The van der Waals surface area contributed by atoms with Gasteiger partial charge in [-0.3, -0.25) is 9.69 Å². The van der Waals surface area contributed by atoms with Crippen LogP contribution in [0.3, 0.4) is 0 Å². The maximum atomic E-state index is 13.0. The largest absolute Gasteiger partial charge is 0.456 e. The van der Waals surface area contributed by atoms with Crippen molar-refractivity contribution >= 4 is 11.9 Å². The molecule has 0 atom stereocenters. The van der Waals surface area contributed by atoms with E-state index in [1.807, 2.05) is 7.05 Å². The summed E-state index contributed by atoms with van der Waals surface area (Å²) in [4.78, 5) is 28.5. The average Bonchev–Trinajstić information content (AvgIpc) is 2.79. The van der Waals surface area contributed by atoms with Crippen LogP contribution in [-0.4, -0.2) is 67.0 Å². The summed E-state index contributed by atoms with van der Waals surface area (Å²) in [6, 6.07) is 0. The Kier molecular flexibility index (Phi) is 3.30. The molecule has 2 saturated heterocycles. The van der Waals surface area contributed by atoms with Crippen molar-refractivity contribution in [3.05, 3.63) is 11.3 Å². The number of esters is 1. The molecular formula is C14H21N3O3. The third-order valence-corrected chi connectivity index (χ3v) is 4.87. The first-order valence-corrected chi connectivity index (χ1v) is 7.17. The van der Waals surface area contributed by atoms with Crippen LogP contribution >= 0.6 is 0 Å². The quantitative estimate of drug-likeness (QED) is 0.669. The highest BCUT2D eigenvalue weighted by Crippen LogP contribution is 2.33. The minimum Gasteiger partial charge on any atom is -0.456 e. The van der Waals surface area contributed by atoms with Gasteiger partial charge in [-0.2, -0.15) is 0 Å². The number of rotatable bonds is 1. The molecule has 0 bridgehead atoms. The molecule has 6 nitrogen and oxygen atoms in total. The zero-order valence-corrected chi connectivity index (χ0v) is 12.1. The van der Waals surface area contributed by atoms with Gasteiger partial charge in [0.05, 0.1) is 11.3 Å². The number of nitrogens with one attached hydrogen (secondary N) is 1. The third kappa shape index (κ3) is 1.86. The lowest BCUT2D eigenvalue weighted by molar-refractivity contribution is -0.150. The fourth-order valence-corrected chi connectivity index (χ4v) is 3.42. The predicted molar refractivity (Wildman–Crippen MR) is 72.8 cm³/mol. The van der Waals surface area contributed by atoms with Gasteiger partial charge in [-0.1, -0.05) is 0 Å². The predicted octanol–water partition coefficient (Wildman–Crippen LogP) is -0.287. The second-order valence-electron chi connectivity index (χ2n) is 5.81. The highest BCUT2D eigenvalue weighted by atomic mass is 16.5. The summed E-state index contributed by atoms with van der Waals surface area (Å²) in [7, 11) is 2.03. The molecule has 0 aromatic carbocycles. The molecule has 3 rings (SSSR count). The molecule has 1 spiro atoms. The minimum atomic E-state index is -0.414. The SMILES string of the molecule is CC1=C(N2CCN(C)C3(CCNCC3)C2=O)COC1=O. The van der Waals surface area contributed by atoms with Crippen LogP contribution in [0.15, 0.2) is 11.3 Å². The minimum absolute atomic E-state index is 0.125. The summed E-state index contributed by atoms with van der Waals surface area (Å²) in [5, 5.41) is 3.31. The molecule has 0 unspecified atom stereocenters. The van der Waals surface area contributed by atoms with Crippen molar-refractivity contribution in [1.82, 2.24) is 15.1 Å². The number of hydrogen-bond acceptors (Lipinski definition) is 5. The summed E-state index contributed by atoms with van der Waals surface area (Å²) in [5.74, 6) is -0.175. The van der Waals surface area contributed by atoms with Gasteiger partial charge < -0.3 is 15.0 Å². The molecule has 1 N–H and O–H groups in total. The van der Waals surface area contributed by atoms with Crippen molar-refractivity contribution in [2.75, 3.05) is 39.8 Å². The molecule has 0 aromatic heterocycles. The normalized spacial score (nSPS) is 27.4. The van der Waals surface area contributed by atoms with Gasteiger partial charge in [-0.15, -0.1) is 0 Å². The van der Waals surface area contributed by atoms with Gasteiger partial charge in [-0.25, -0.2) is 4.79 Å². The molecule has 110 valence electrons. The molecular weight excluding hydrogens is 258 g/mol. The fourth-order valence-electron chi connectivity index (χ4n) is 3.42. The summed E-state index contributed by atoms with van der Waals surface area (Å²) in [5.41, 5.74) is 0.917. The number of carbonyl (C=O) groups excluding carboxylic acids is 2. The lowest BCUT2D eigenvalue weighted by Crippen LogP contribution is -2.67. The van der Waals surface area contributed by atoms with Gasteiger partial charge in [0, 0.05) is 13.1 Å². The summed E-state index contributed by atoms with van der Waals surface area (Å²) in [6.45, 7) is 5.15. The molecule has 20 heavy (non-hydrogen) atoms. The Morgan fingerprint density at radius 1 is 1.20 bits per heavy atom. The highest BCUT2D eigenvalue weighted by Gasteiger charge is 2.49. The first kappa shape index (κ1) is 13.6. The summed E-state index contributed by atoms with van der Waals surface area (Å²) >= 11 is 0. The molecule has 6 heteroatoms. The molecule has 0 aliphatic carbocycles. The van der Waals surface area contributed by atoms with Gasteiger partial charge in [-0.05, 0) is 39.9 Å². The standard InChI is InChI=1S/C14H21N3O3/c1-10-11(9-20-12(10)18)17-8-7-16(2)14(13(17)19)3-5-15-6-4-14/h15H,3-9H2,1-2H3. The number of ether oxygens (including phenoxy) is 1. The Hall–Kier alpha value is -1.40. The maximum absolute atomic E-state index is 13.0. The van der Waals surface area contributed by atoms with E-state index in [9.17, 15) is 9.59 Å². The Morgan fingerprint density at radius 3 is 2.50 bits per heavy atom. The third-order valence-electron chi connectivity index (χ3n) is 4.87. The number of amides is 1. The fraction of sp³-hybridized carbons (Fsp3) is 0.714. The number of nitrogens with zero attached hydrogens (tertiary/aromatic N) is 2. The second-order valence-corrected chi connectivity index (χ2v) is 5.81. The van der Waals surface area contributed by atoms with Gasteiger partial charge in [0.25, 0.3) is 0 Å². The van der Waals surface area contributed by atoms with Crippen molar-refractivity contribution in [1.29, 1.82) is 0 Å². The first-order chi connectivity index (χ1) is 9.56. The Bertz CT molecular complexity index is 480. The van der Waals surface area contributed by atoms with Crippen LogP contribution in [0.1, 0.15) is 19.8 Å². The zero-order valence-electron chi connectivity index (χ0n) is 12.1. The molecule has 3 aliphatic heterocycles. The molecule has 0 aromatic rings. The summed E-state index contributed by atoms with van der Waals surface area (Å²) < 4.78 is 5.05. The van der Waals surface area contributed by atoms with Gasteiger partial charge in [0.15, 0.2) is 0 Å². The van der Waals surface area contributed by atoms with E-state index in [-0.39, 0.29) is 18.5 Å². The number of carbonyl (C=O) groups is 2. The van der Waals surface area contributed by atoms with Crippen molar-refractivity contribution in [3.8, 4) is 0 Å². The Balaban J connectivity index is 1.91. The lowest BCUT2D eigenvalue weighted by Gasteiger charge is -2.50. The number of piperidine rings is 1. The van der Waals surface area contributed by atoms with Crippen LogP contribution in [0.2, 0.25) is 0 Å². The Morgan fingerprint density at radius 2 is 1.90 bits per heavy atom. The topological polar surface area (TPSA) is 61.9 Å². The number of piperazine rings is 1. The zero-order chi connectivity index (χ0) is 14.3. The van der Waals surface area contributed by atoms with Crippen molar-refractivity contribution in [2.45, 2.75) is 25.3 Å². The molecule has 3 heterocycles. The van der Waals surface area contributed by atoms with Crippen molar-refractivity contribution in [2.24, 2.45) is 0 Å². The lowest BCUT2D eigenvalue weighted by atomic mass is 9.83. The molecule has 0 saturated carbocycles. The maximum Gasteiger partial charge on any atom is 0.336 e. The smallest absolute Gasteiger partial charge is 0.336 e. The molecule has 0 radical (unpaired) electrons. The van der Waals surface area contributed by atoms with E-state index in [1.165, 1.54) is 0 Å². The van der Waals surface area contributed by atoms with Crippen LogP contribution in [0.25, 0.3) is 0 Å². The molecule has 1 amide bonds. The van der Waals surface area contributed by atoms with E-state index in [4.69, 9.17) is 4.74 Å². The first-order valence-electron chi connectivity index (χ1n) is 7.17. The van der Waals surface area contributed by atoms with Crippen LogP contribution in [0, 0.1) is 0 Å². The van der Waals surface area contributed by atoms with Crippen LogP contribution in [0.5, 0.6) is 0 Å². The van der Waals surface area contributed by atoms with Gasteiger partial charge in [0.2, 0.25) is 5.91 Å². The van der Waals surface area contributed by atoms with E-state index in [2.05, 4.69) is 10.2 Å². The molecule has 3 aliphatic rings. The van der Waals surface area contributed by atoms with Crippen molar-refractivity contribution in [3.63, 3.8) is 0 Å². The Labute approximate surface area is 118 Å². The van der Waals surface area contributed by atoms with Crippen LogP contribution in [-0.2, 0) is 14.3 Å². The second kappa shape index (κ2) is 4.86. The van der Waals surface area contributed by atoms with E-state index in [0.717, 1.165) is 38.2 Å². The van der Waals surface area contributed by atoms with Crippen LogP contribution < -0.4 is 5.32 Å². The van der Waals surface area contributed by atoms with E-state index in [1.54, 1.807) is 11.8 Å². The number of cyclic esters (lactones) is 1. The number of likely N-dealkylation sites (N-methyl/N-ethyl adjacent to an activating group) is 1. The molecule has 2 fully saturated rings. The van der Waals surface area contributed by atoms with Gasteiger partial charge >= 0.3 is 5.97 Å². The average molecular weight is 279 g/mol. The summed E-state index contributed by atoms with van der Waals surface area (Å²) in [6.07, 6.45) is 1.64. The van der Waals surface area contributed by atoms with Gasteiger partial charge in [0.1, 0.15) is 12.1 Å². The monoisotopic (exact) mass is 279 g/mol. The van der Waals surface area contributed by atoms with Crippen LogP contribution in [0.4, 0.5) is 0 Å².